The van der Waals surface area contributed by atoms with Crippen molar-refractivity contribution in [3.63, 3.8) is 0 Å². The van der Waals surface area contributed by atoms with Crippen LogP contribution in [0.4, 0.5) is 13.2 Å². The van der Waals surface area contributed by atoms with Crippen LogP contribution in [0.15, 0.2) is 78.9 Å². The van der Waals surface area contributed by atoms with Gasteiger partial charge in [0, 0.05) is 17.2 Å². The molecule has 0 fully saturated rings. The number of unbranched alkanes of at least 4 members (excludes halogenated alkanes) is 1. The number of benzene rings is 4. The van der Waals surface area contributed by atoms with Gasteiger partial charge in [-0.15, -0.1) is 0 Å². The van der Waals surface area contributed by atoms with Gasteiger partial charge in [-0.05, 0) is 60.6 Å². The Morgan fingerprint density at radius 1 is 0.686 bits per heavy atom. The van der Waals surface area contributed by atoms with E-state index in [2.05, 4.69) is 6.92 Å². The number of hydrogen-bond acceptors (Lipinski definition) is 1. The van der Waals surface area contributed by atoms with Gasteiger partial charge in [0.2, 0.25) is 0 Å². The van der Waals surface area contributed by atoms with E-state index in [0.717, 1.165) is 29.5 Å². The average Bonchev–Trinajstić information content (AvgIpc) is 2.86. The molecular weight excluding hydrogens is 445 g/mol. The number of hydrogen-bond donors (Lipinski definition) is 0. The first-order valence-electron chi connectivity index (χ1n) is 12.0. The lowest BCUT2D eigenvalue weighted by Gasteiger charge is -2.10. The molecule has 0 atom stereocenters. The molecule has 4 aromatic rings. The van der Waals surface area contributed by atoms with Crippen molar-refractivity contribution >= 4 is 0 Å². The van der Waals surface area contributed by atoms with Gasteiger partial charge in [-0.1, -0.05) is 79.6 Å². The Labute approximate surface area is 205 Å². The zero-order valence-corrected chi connectivity index (χ0v) is 20.1. The number of aryl methyl sites for hydroxylation is 3. The summed E-state index contributed by atoms with van der Waals surface area (Å²) in [6, 6.07) is 23.1. The highest BCUT2D eigenvalue weighted by molar-refractivity contribution is 5.66. The quantitative estimate of drug-likeness (QED) is 0.220. The van der Waals surface area contributed by atoms with E-state index >= 15 is 0 Å². The summed E-state index contributed by atoms with van der Waals surface area (Å²) in [4.78, 5) is 0. The highest BCUT2D eigenvalue weighted by atomic mass is 19.2. The van der Waals surface area contributed by atoms with Crippen molar-refractivity contribution in [1.29, 1.82) is 0 Å². The van der Waals surface area contributed by atoms with E-state index in [4.69, 9.17) is 4.74 Å². The van der Waals surface area contributed by atoms with Crippen molar-refractivity contribution in [2.45, 2.75) is 39.5 Å². The van der Waals surface area contributed by atoms with Gasteiger partial charge in [-0.2, -0.15) is 0 Å². The average molecular weight is 475 g/mol. The molecule has 0 aromatic heterocycles. The van der Waals surface area contributed by atoms with E-state index in [1.807, 2.05) is 43.3 Å². The summed E-state index contributed by atoms with van der Waals surface area (Å²) in [5.41, 5.74) is 4.54. The lowest BCUT2D eigenvalue weighted by Crippen LogP contribution is -2.00. The maximum Gasteiger partial charge on any atom is 0.166 e. The highest BCUT2D eigenvalue weighted by Crippen LogP contribution is 2.29. The van der Waals surface area contributed by atoms with E-state index in [1.54, 1.807) is 36.4 Å². The molecule has 0 heterocycles. The van der Waals surface area contributed by atoms with Crippen LogP contribution in [-0.4, -0.2) is 6.61 Å². The van der Waals surface area contributed by atoms with Crippen molar-refractivity contribution < 1.29 is 17.9 Å². The van der Waals surface area contributed by atoms with Gasteiger partial charge >= 0.3 is 0 Å². The number of rotatable bonds is 9. The second-order valence-corrected chi connectivity index (χ2v) is 8.81. The molecule has 0 spiro atoms. The second-order valence-electron chi connectivity index (χ2n) is 8.81. The first-order valence-corrected chi connectivity index (χ1v) is 12.0. The molecule has 0 aliphatic carbocycles. The minimum absolute atomic E-state index is 0.263. The van der Waals surface area contributed by atoms with E-state index < -0.39 is 11.6 Å². The van der Waals surface area contributed by atoms with E-state index in [-0.39, 0.29) is 11.4 Å². The molecule has 0 aliphatic heterocycles. The molecule has 0 unspecified atom stereocenters. The van der Waals surface area contributed by atoms with Gasteiger partial charge < -0.3 is 4.74 Å². The van der Waals surface area contributed by atoms with Crippen LogP contribution in [-0.2, 0) is 12.8 Å². The molecule has 4 heteroatoms. The Bertz CT molecular complexity index is 1280. The Balaban J connectivity index is 1.42. The van der Waals surface area contributed by atoms with Crippen molar-refractivity contribution in [3.8, 4) is 28.0 Å². The molecule has 0 saturated heterocycles. The summed E-state index contributed by atoms with van der Waals surface area (Å²) in [7, 11) is 0. The summed E-state index contributed by atoms with van der Waals surface area (Å²) >= 11 is 0. The summed E-state index contributed by atoms with van der Waals surface area (Å²) in [5, 5.41) is 0. The highest BCUT2D eigenvalue weighted by Gasteiger charge is 2.15. The van der Waals surface area contributed by atoms with E-state index in [0.29, 0.717) is 41.9 Å². The van der Waals surface area contributed by atoms with Crippen molar-refractivity contribution in [2.24, 2.45) is 0 Å². The summed E-state index contributed by atoms with van der Waals surface area (Å²) in [6.45, 7) is 4.60. The zero-order valence-electron chi connectivity index (χ0n) is 20.1. The smallest absolute Gasteiger partial charge is 0.166 e. The summed E-state index contributed by atoms with van der Waals surface area (Å²) < 4.78 is 49.7. The lowest BCUT2D eigenvalue weighted by molar-refractivity contribution is 0.308. The molecule has 4 rings (SSSR count). The van der Waals surface area contributed by atoms with Gasteiger partial charge in [0.1, 0.15) is 11.6 Å². The maximum absolute atomic E-state index is 14.8. The zero-order chi connectivity index (χ0) is 24.8. The SMILES string of the molecule is CCCCOc1ccc(-c2ccc(CCc3ccc(-c4ccc(C)cc4)c(F)c3F)cc2)c(F)c1. The maximum atomic E-state index is 14.8. The molecule has 0 amide bonds. The van der Waals surface area contributed by atoms with Crippen LogP contribution >= 0.6 is 0 Å². The predicted molar refractivity (Wildman–Crippen MR) is 136 cm³/mol. The molecule has 0 bridgehead atoms. The molecule has 4 aromatic carbocycles. The van der Waals surface area contributed by atoms with Crippen molar-refractivity contribution in [1.82, 2.24) is 0 Å². The fraction of sp³-hybridized carbons (Fsp3) is 0.226. The topological polar surface area (TPSA) is 9.23 Å². The third-order valence-electron chi connectivity index (χ3n) is 6.18. The fourth-order valence-electron chi connectivity index (χ4n) is 4.02. The van der Waals surface area contributed by atoms with E-state index in [9.17, 15) is 13.2 Å². The fourth-order valence-corrected chi connectivity index (χ4v) is 4.02. The summed E-state index contributed by atoms with van der Waals surface area (Å²) in [6.07, 6.45) is 2.87. The van der Waals surface area contributed by atoms with Crippen molar-refractivity contribution in [3.05, 3.63) is 113 Å². The van der Waals surface area contributed by atoms with Crippen LogP contribution in [0.25, 0.3) is 22.3 Å². The van der Waals surface area contributed by atoms with Crippen LogP contribution in [0.5, 0.6) is 5.75 Å². The largest absolute Gasteiger partial charge is 0.493 e. The molecule has 35 heavy (non-hydrogen) atoms. The van der Waals surface area contributed by atoms with Gasteiger partial charge in [0.05, 0.1) is 6.61 Å². The van der Waals surface area contributed by atoms with Crippen LogP contribution in [0.2, 0.25) is 0 Å². The number of ether oxygens (including phenoxy) is 1. The Hall–Kier alpha value is -3.53. The molecule has 0 radical (unpaired) electrons. The standard InChI is InChI=1S/C31H29F3O/c1-3-4-19-35-26-16-18-27(29(32)20-26)23-12-7-22(8-13-23)9-14-25-15-17-28(31(34)30(25)33)24-10-5-21(2)6-11-24/h5-8,10-13,15-18,20H,3-4,9,14,19H2,1-2H3. The predicted octanol–water partition coefficient (Wildman–Crippen LogP) is 8.71. The normalized spacial score (nSPS) is 11.0. The van der Waals surface area contributed by atoms with Gasteiger partial charge in [0.25, 0.3) is 0 Å². The first kappa shape index (κ1) is 24.6. The lowest BCUT2D eigenvalue weighted by atomic mass is 9.97. The molecular formula is C31H29F3O. The Morgan fingerprint density at radius 3 is 2.03 bits per heavy atom. The summed E-state index contributed by atoms with van der Waals surface area (Å²) in [5.74, 6) is -1.43. The molecule has 1 nitrogen and oxygen atoms in total. The molecule has 0 N–H and O–H groups in total. The minimum Gasteiger partial charge on any atom is -0.493 e. The van der Waals surface area contributed by atoms with Crippen LogP contribution < -0.4 is 4.74 Å². The van der Waals surface area contributed by atoms with Crippen LogP contribution in [0.1, 0.15) is 36.5 Å². The third-order valence-corrected chi connectivity index (χ3v) is 6.18. The first-order chi connectivity index (χ1) is 17.0. The Morgan fingerprint density at radius 2 is 1.34 bits per heavy atom. The van der Waals surface area contributed by atoms with Gasteiger partial charge in [-0.25, -0.2) is 13.2 Å². The second kappa shape index (κ2) is 11.3. The van der Waals surface area contributed by atoms with Crippen molar-refractivity contribution in [2.75, 3.05) is 6.61 Å². The Kier molecular flexibility index (Phi) is 7.91. The number of halogens is 3. The monoisotopic (exact) mass is 474 g/mol. The van der Waals surface area contributed by atoms with Crippen LogP contribution in [0.3, 0.4) is 0 Å². The third kappa shape index (κ3) is 5.94. The van der Waals surface area contributed by atoms with Crippen LogP contribution in [0, 0.1) is 24.4 Å². The molecule has 180 valence electrons. The minimum atomic E-state index is -0.820. The molecule has 0 aliphatic rings. The van der Waals surface area contributed by atoms with Gasteiger partial charge in [-0.3, -0.25) is 0 Å². The molecule has 0 saturated carbocycles. The van der Waals surface area contributed by atoms with E-state index in [1.165, 1.54) is 6.07 Å². The van der Waals surface area contributed by atoms with Gasteiger partial charge in [0.15, 0.2) is 11.6 Å².